The smallest absolute Gasteiger partial charge is 0.338 e. The molecule has 0 radical (unpaired) electrons. The normalized spacial score (nSPS) is 22.5. The number of amides is 1. The molecule has 7 nitrogen and oxygen atoms in total. The van der Waals surface area contributed by atoms with Crippen LogP contribution in [0.2, 0.25) is 0 Å². The number of carbonyl (C=O) groups excluding carboxylic acids is 2. The zero-order valence-electron chi connectivity index (χ0n) is 16.0. The van der Waals surface area contributed by atoms with E-state index in [9.17, 15) is 18.0 Å². The number of benzene rings is 1. The monoisotopic (exact) mass is 394 g/mol. The lowest BCUT2D eigenvalue weighted by Gasteiger charge is -2.34. The third-order valence-corrected chi connectivity index (χ3v) is 6.30. The van der Waals surface area contributed by atoms with Gasteiger partial charge in [-0.1, -0.05) is 13.8 Å². The Balaban J connectivity index is 1.61. The summed E-state index contributed by atoms with van der Waals surface area (Å²) in [6.07, 6.45) is 2.81. The first kappa shape index (κ1) is 19.7. The molecule has 0 aliphatic carbocycles. The molecule has 1 fully saturated rings. The predicted molar refractivity (Wildman–Crippen MR) is 102 cm³/mol. The second-order valence-corrected chi connectivity index (χ2v) is 9.66. The van der Waals surface area contributed by atoms with Crippen molar-refractivity contribution in [3.05, 3.63) is 29.3 Å². The fraction of sp³-hybridized carbons (Fsp3) is 0.579. The highest BCUT2D eigenvalue weighted by Crippen LogP contribution is 2.31. The average Bonchev–Trinajstić information content (AvgIpc) is 3.01. The van der Waals surface area contributed by atoms with Gasteiger partial charge >= 0.3 is 5.97 Å². The lowest BCUT2D eigenvalue weighted by atomic mass is 9.92. The largest absolute Gasteiger partial charge is 0.452 e. The molecule has 27 heavy (non-hydrogen) atoms. The Labute approximate surface area is 160 Å². The van der Waals surface area contributed by atoms with E-state index in [0.29, 0.717) is 49.1 Å². The highest BCUT2D eigenvalue weighted by atomic mass is 32.2. The number of nitrogens with zero attached hydrogens (tertiary/aromatic N) is 2. The van der Waals surface area contributed by atoms with Gasteiger partial charge in [-0.15, -0.1) is 0 Å². The summed E-state index contributed by atoms with van der Waals surface area (Å²) in [6.45, 7) is 5.72. The maximum absolute atomic E-state index is 12.3. The number of sulfonamides is 1. The highest BCUT2D eigenvalue weighted by molar-refractivity contribution is 7.92. The molecule has 1 aromatic rings. The van der Waals surface area contributed by atoms with E-state index in [4.69, 9.17) is 4.74 Å². The molecule has 0 N–H and O–H groups in total. The van der Waals surface area contributed by atoms with Gasteiger partial charge in [0.05, 0.1) is 17.5 Å². The minimum atomic E-state index is -3.33. The number of likely N-dealkylation sites (tertiary alicyclic amines) is 1. The summed E-state index contributed by atoms with van der Waals surface area (Å²) in [7, 11) is -3.33. The molecule has 0 bridgehead atoms. The fourth-order valence-corrected chi connectivity index (χ4v) is 4.97. The molecule has 3 rings (SSSR count). The summed E-state index contributed by atoms with van der Waals surface area (Å²) in [6, 6.07) is 4.81. The number of anilines is 1. The van der Waals surface area contributed by atoms with Gasteiger partial charge in [0.25, 0.3) is 5.91 Å². The third kappa shape index (κ3) is 4.43. The van der Waals surface area contributed by atoms with E-state index in [1.807, 2.05) is 0 Å². The molecule has 1 aromatic carbocycles. The Morgan fingerprint density at radius 2 is 1.85 bits per heavy atom. The minimum absolute atomic E-state index is 0.175. The first-order chi connectivity index (χ1) is 12.6. The van der Waals surface area contributed by atoms with E-state index in [1.54, 1.807) is 23.1 Å². The van der Waals surface area contributed by atoms with Crippen molar-refractivity contribution >= 4 is 27.6 Å². The molecule has 0 saturated carbocycles. The van der Waals surface area contributed by atoms with E-state index in [-0.39, 0.29) is 12.5 Å². The third-order valence-electron chi connectivity index (χ3n) is 5.12. The number of ether oxygens (including phenoxy) is 1. The molecule has 1 amide bonds. The van der Waals surface area contributed by atoms with Crippen LogP contribution in [0.15, 0.2) is 18.2 Å². The van der Waals surface area contributed by atoms with Gasteiger partial charge in [0, 0.05) is 19.6 Å². The van der Waals surface area contributed by atoms with Crippen LogP contribution in [0, 0.1) is 11.8 Å². The molecule has 2 aliphatic rings. The van der Waals surface area contributed by atoms with Crippen LogP contribution in [0.1, 0.15) is 36.2 Å². The van der Waals surface area contributed by atoms with Crippen molar-refractivity contribution in [2.75, 3.05) is 36.8 Å². The number of rotatable bonds is 4. The van der Waals surface area contributed by atoms with Crippen molar-refractivity contribution in [3.8, 4) is 0 Å². The van der Waals surface area contributed by atoms with E-state index in [2.05, 4.69) is 13.8 Å². The average molecular weight is 394 g/mol. The standard InChI is InChI=1S/C19H26N2O5S/c1-13-8-14(2)11-20(10-13)18(22)12-26-19(23)16-4-5-17-15(9-16)6-7-21(17)27(3,24)25/h4-5,9,13-14H,6-8,10-12H2,1-3H3/t13-,14-/m1/s1. The van der Waals surface area contributed by atoms with Crippen LogP contribution in [0.5, 0.6) is 0 Å². The maximum atomic E-state index is 12.3. The van der Waals surface area contributed by atoms with Crippen LogP contribution in [0.4, 0.5) is 5.69 Å². The van der Waals surface area contributed by atoms with Gasteiger partial charge in [-0.25, -0.2) is 13.2 Å². The fourth-order valence-electron chi connectivity index (χ4n) is 4.01. The first-order valence-corrected chi connectivity index (χ1v) is 11.1. The lowest BCUT2D eigenvalue weighted by Crippen LogP contribution is -2.44. The summed E-state index contributed by atoms with van der Waals surface area (Å²) < 4.78 is 30.1. The summed E-state index contributed by atoms with van der Waals surface area (Å²) in [4.78, 5) is 26.4. The van der Waals surface area contributed by atoms with Crippen LogP contribution in [0.3, 0.4) is 0 Å². The van der Waals surface area contributed by atoms with Crippen molar-refractivity contribution < 1.29 is 22.7 Å². The van der Waals surface area contributed by atoms with E-state index >= 15 is 0 Å². The predicted octanol–water partition coefficient (Wildman–Crippen LogP) is 1.67. The van der Waals surface area contributed by atoms with Crippen LogP contribution in [0.25, 0.3) is 0 Å². The Bertz CT molecular complexity index is 842. The molecule has 1 saturated heterocycles. The topological polar surface area (TPSA) is 84.0 Å². The molecule has 0 aromatic heterocycles. The van der Waals surface area contributed by atoms with E-state index in [0.717, 1.165) is 18.2 Å². The number of fused-ring (bicyclic) bond motifs is 1. The Morgan fingerprint density at radius 1 is 1.19 bits per heavy atom. The van der Waals surface area contributed by atoms with Crippen molar-refractivity contribution in [2.24, 2.45) is 11.8 Å². The zero-order chi connectivity index (χ0) is 19.8. The molecule has 148 valence electrons. The first-order valence-electron chi connectivity index (χ1n) is 9.20. The summed E-state index contributed by atoms with van der Waals surface area (Å²) in [5.74, 6) is 0.152. The van der Waals surface area contributed by atoms with Gasteiger partial charge < -0.3 is 9.64 Å². The van der Waals surface area contributed by atoms with Gasteiger partial charge in [-0.3, -0.25) is 9.10 Å². The molecule has 0 unspecified atom stereocenters. The summed E-state index contributed by atoms with van der Waals surface area (Å²) in [5, 5.41) is 0. The van der Waals surface area contributed by atoms with Gasteiger partial charge in [0.1, 0.15) is 0 Å². The molecular formula is C19H26N2O5S. The Morgan fingerprint density at radius 3 is 2.48 bits per heavy atom. The number of esters is 1. The van der Waals surface area contributed by atoms with Gasteiger partial charge in [-0.05, 0) is 48.4 Å². The molecule has 2 aliphatic heterocycles. The van der Waals surface area contributed by atoms with Crippen LogP contribution < -0.4 is 4.31 Å². The number of piperidine rings is 1. The maximum Gasteiger partial charge on any atom is 0.338 e. The highest BCUT2D eigenvalue weighted by Gasteiger charge is 2.28. The van der Waals surface area contributed by atoms with E-state index < -0.39 is 16.0 Å². The van der Waals surface area contributed by atoms with Crippen molar-refractivity contribution in [1.29, 1.82) is 0 Å². The number of carbonyl (C=O) groups is 2. The Kier molecular flexibility index (Phi) is 5.46. The molecular weight excluding hydrogens is 368 g/mol. The van der Waals surface area contributed by atoms with Crippen LogP contribution in [-0.4, -0.2) is 57.7 Å². The quantitative estimate of drug-likeness (QED) is 0.726. The number of hydrogen-bond donors (Lipinski definition) is 0. The SMILES string of the molecule is C[C@@H]1C[C@@H](C)CN(C(=O)COC(=O)c2ccc3c(c2)CCN3S(C)(=O)=O)C1. The van der Waals surface area contributed by atoms with E-state index in [1.165, 1.54) is 4.31 Å². The van der Waals surface area contributed by atoms with Gasteiger partial charge in [0.15, 0.2) is 6.61 Å². The van der Waals surface area contributed by atoms with Crippen molar-refractivity contribution in [3.63, 3.8) is 0 Å². The van der Waals surface area contributed by atoms with Crippen molar-refractivity contribution in [2.45, 2.75) is 26.7 Å². The van der Waals surface area contributed by atoms with Gasteiger partial charge in [0.2, 0.25) is 10.0 Å². The zero-order valence-corrected chi connectivity index (χ0v) is 16.8. The minimum Gasteiger partial charge on any atom is -0.452 e. The Hall–Kier alpha value is -2.09. The van der Waals surface area contributed by atoms with Gasteiger partial charge in [-0.2, -0.15) is 0 Å². The molecule has 2 heterocycles. The molecule has 2 atom stereocenters. The number of hydrogen-bond acceptors (Lipinski definition) is 5. The molecule has 8 heteroatoms. The van der Waals surface area contributed by atoms with Crippen LogP contribution in [-0.2, 0) is 26.0 Å². The van der Waals surface area contributed by atoms with Crippen LogP contribution >= 0.6 is 0 Å². The lowest BCUT2D eigenvalue weighted by molar-refractivity contribution is -0.137. The summed E-state index contributed by atoms with van der Waals surface area (Å²) >= 11 is 0. The second-order valence-electron chi connectivity index (χ2n) is 7.75. The second kappa shape index (κ2) is 7.50. The van der Waals surface area contributed by atoms with Crippen molar-refractivity contribution in [1.82, 2.24) is 4.90 Å². The molecule has 0 spiro atoms. The summed E-state index contributed by atoms with van der Waals surface area (Å²) in [5.41, 5.74) is 1.72.